The van der Waals surface area contributed by atoms with Crippen molar-refractivity contribution in [1.29, 1.82) is 0 Å². The number of nitrogens with two attached hydrogens (primary N) is 1. The highest BCUT2D eigenvalue weighted by atomic mass is 32.1. The standard InChI is InChI=1S/C14H23N3O2S/c1-8(11(15)20)7-17-12(18)14(16-13(17)19)9(2)5-4-6-10(14)3/h8-10H,4-7H2,1-3H3,(H2,15,20)(H,16,19). The molecule has 1 aliphatic carbocycles. The topological polar surface area (TPSA) is 75.4 Å². The number of thiocarbonyl (C=S) groups is 1. The maximum absolute atomic E-state index is 12.8. The summed E-state index contributed by atoms with van der Waals surface area (Å²) in [6.45, 7) is 6.20. The van der Waals surface area contributed by atoms with Crippen molar-refractivity contribution in [3.8, 4) is 0 Å². The van der Waals surface area contributed by atoms with E-state index >= 15 is 0 Å². The Balaban J connectivity index is 2.25. The second-order valence-electron chi connectivity index (χ2n) is 6.25. The van der Waals surface area contributed by atoms with Crippen LogP contribution in [0.15, 0.2) is 0 Å². The zero-order chi connectivity index (χ0) is 15.1. The first-order chi connectivity index (χ1) is 9.30. The molecule has 2 rings (SSSR count). The van der Waals surface area contributed by atoms with Crippen molar-refractivity contribution in [3.63, 3.8) is 0 Å². The van der Waals surface area contributed by atoms with Crippen molar-refractivity contribution in [2.75, 3.05) is 6.54 Å². The molecule has 1 spiro atoms. The molecule has 0 radical (unpaired) electrons. The Labute approximate surface area is 125 Å². The molecule has 6 heteroatoms. The van der Waals surface area contributed by atoms with Crippen LogP contribution in [0.25, 0.3) is 0 Å². The quantitative estimate of drug-likeness (QED) is 0.613. The molecule has 1 saturated heterocycles. The van der Waals surface area contributed by atoms with Crippen molar-refractivity contribution >= 4 is 29.1 Å². The van der Waals surface area contributed by atoms with Gasteiger partial charge in [0.1, 0.15) is 5.54 Å². The summed E-state index contributed by atoms with van der Waals surface area (Å²) in [6, 6.07) is -0.307. The van der Waals surface area contributed by atoms with E-state index in [-0.39, 0.29) is 36.2 Å². The molecule has 3 amide bonds. The van der Waals surface area contributed by atoms with Gasteiger partial charge >= 0.3 is 6.03 Å². The van der Waals surface area contributed by atoms with Crippen LogP contribution >= 0.6 is 12.2 Å². The highest BCUT2D eigenvalue weighted by Gasteiger charge is 2.58. The lowest BCUT2D eigenvalue weighted by Gasteiger charge is -2.42. The normalized spacial score (nSPS) is 35.2. The van der Waals surface area contributed by atoms with E-state index in [4.69, 9.17) is 18.0 Å². The molecule has 3 N–H and O–H groups in total. The molecule has 20 heavy (non-hydrogen) atoms. The van der Waals surface area contributed by atoms with Gasteiger partial charge in [0, 0.05) is 12.5 Å². The first-order valence-corrected chi connectivity index (χ1v) is 7.65. The van der Waals surface area contributed by atoms with Gasteiger partial charge in [-0.3, -0.25) is 9.69 Å². The summed E-state index contributed by atoms with van der Waals surface area (Å²) in [6.07, 6.45) is 3.04. The molecule has 0 bridgehead atoms. The highest BCUT2D eigenvalue weighted by Crippen LogP contribution is 2.42. The smallest absolute Gasteiger partial charge is 0.325 e. The summed E-state index contributed by atoms with van der Waals surface area (Å²) < 4.78 is 0. The van der Waals surface area contributed by atoms with Gasteiger partial charge in [-0.15, -0.1) is 0 Å². The second kappa shape index (κ2) is 5.31. The van der Waals surface area contributed by atoms with Crippen LogP contribution in [0.1, 0.15) is 40.0 Å². The Hall–Kier alpha value is -1.17. The summed E-state index contributed by atoms with van der Waals surface area (Å²) in [5.41, 5.74) is 4.86. The predicted octanol–water partition coefficient (Wildman–Crippen LogP) is 1.66. The fourth-order valence-corrected chi connectivity index (χ4v) is 3.56. The lowest BCUT2D eigenvalue weighted by molar-refractivity contribution is -0.136. The summed E-state index contributed by atoms with van der Waals surface area (Å²) in [5.74, 6) is 0.0509. The Kier molecular flexibility index (Phi) is 4.04. The van der Waals surface area contributed by atoms with Gasteiger partial charge in [0.05, 0.1) is 4.99 Å². The fraction of sp³-hybridized carbons (Fsp3) is 0.786. The number of hydrogen-bond acceptors (Lipinski definition) is 3. The first kappa shape index (κ1) is 15.2. The van der Waals surface area contributed by atoms with Crippen molar-refractivity contribution < 1.29 is 9.59 Å². The van der Waals surface area contributed by atoms with Crippen LogP contribution in [0.4, 0.5) is 4.79 Å². The van der Waals surface area contributed by atoms with E-state index < -0.39 is 5.54 Å². The van der Waals surface area contributed by atoms with Crippen molar-refractivity contribution in [2.24, 2.45) is 23.5 Å². The zero-order valence-corrected chi connectivity index (χ0v) is 13.1. The minimum absolute atomic E-state index is 0.106. The molecule has 3 atom stereocenters. The van der Waals surface area contributed by atoms with Crippen molar-refractivity contribution in [3.05, 3.63) is 0 Å². The molecular weight excluding hydrogens is 274 g/mol. The van der Waals surface area contributed by atoms with E-state index in [0.717, 1.165) is 19.3 Å². The van der Waals surface area contributed by atoms with E-state index in [2.05, 4.69) is 5.32 Å². The average Bonchev–Trinajstić information content (AvgIpc) is 2.62. The van der Waals surface area contributed by atoms with E-state index in [1.54, 1.807) is 0 Å². The third-order valence-corrected chi connectivity index (χ3v) is 5.33. The van der Waals surface area contributed by atoms with Gasteiger partial charge in [0.15, 0.2) is 0 Å². The Morgan fingerprint density at radius 2 is 2.00 bits per heavy atom. The van der Waals surface area contributed by atoms with Gasteiger partial charge < -0.3 is 11.1 Å². The molecule has 2 aliphatic rings. The van der Waals surface area contributed by atoms with Crippen molar-refractivity contribution in [2.45, 2.75) is 45.6 Å². The van der Waals surface area contributed by atoms with E-state index in [9.17, 15) is 9.59 Å². The Morgan fingerprint density at radius 3 is 2.50 bits per heavy atom. The molecule has 2 fully saturated rings. The SMILES string of the molecule is CC(CN1C(=O)NC2(C1=O)C(C)CCCC2C)C(N)=S. The molecule has 0 aromatic rings. The highest BCUT2D eigenvalue weighted by molar-refractivity contribution is 7.80. The monoisotopic (exact) mass is 297 g/mol. The van der Waals surface area contributed by atoms with E-state index in [0.29, 0.717) is 4.99 Å². The molecule has 1 heterocycles. The number of nitrogens with zero attached hydrogens (tertiary/aromatic N) is 1. The van der Waals surface area contributed by atoms with Gasteiger partial charge in [-0.25, -0.2) is 4.79 Å². The second-order valence-corrected chi connectivity index (χ2v) is 6.72. The first-order valence-electron chi connectivity index (χ1n) is 7.24. The van der Waals surface area contributed by atoms with E-state index in [1.165, 1.54) is 4.90 Å². The number of rotatable bonds is 3. The number of carbonyl (C=O) groups is 2. The molecule has 0 aromatic heterocycles. The Bertz CT molecular complexity index is 442. The molecule has 5 nitrogen and oxygen atoms in total. The minimum Gasteiger partial charge on any atom is -0.393 e. The van der Waals surface area contributed by atoms with Crippen LogP contribution in [-0.2, 0) is 4.79 Å². The number of imide groups is 1. The molecule has 3 unspecified atom stereocenters. The Morgan fingerprint density at radius 1 is 1.45 bits per heavy atom. The summed E-state index contributed by atoms with van der Waals surface area (Å²) in [5, 5.41) is 2.97. The third kappa shape index (κ3) is 2.20. The predicted molar refractivity (Wildman–Crippen MR) is 81.1 cm³/mol. The number of urea groups is 1. The van der Waals surface area contributed by atoms with Gasteiger partial charge in [-0.2, -0.15) is 0 Å². The summed E-state index contributed by atoms with van der Waals surface area (Å²) in [7, 11) is 0. The van der Waals surface area contributed by atoms with Gasteiger partial charge in [-0.1, -0.05) is 39.4 Å². The zero-order valence-electron chi connectivity index (χ0n) is 12.3. The number of hydrogen-bond donors (Lipinski definition) is 2. The number of carbonyl (C=O) groups excluding carboxylic acids is 2. The summed E-state index contributed by atoms with van der Waals surface area (Å²) in [4.78, 5) is 26.7. The van der Waals surface area contributed by atoms with Gasteiger partial charge in [0.2, 0.25) is 0 Å². The van der Waals surface area contributed by atoms with Crippen LogP contribution < -0.4 is 11.1 Å². The lowest BCUT2D eigenvalue weighted by Crippen LogP contribution is -2.59. The van der Waals surface area contributed by atoms with Crippen LogP contribution in [0.5, 0.6) is 0 Å². The van der Waals surface area contributed by atoms with Crippen LogP contribution in [0.3, 0.4) is 0 Å². The van der Waals surface area contributed by atoms with Gasteiger partial charge in [-0.05, 0) is 24.7 Å². The van der Waals surface area contributed by atoms with Crippen LogP contribution in [0, 0.1) is 17.8 Å². The van der Waals surface area contributed by atoms with E-state index in [1.807, 2.05) is 20.8 Å². The molecule has 1 aliphatic heterocycles. The van der Waals surface area contributed by atoms with Crippen LogP contribution in [0.2, 0.25) is 0 Å². The molecule has 0 aromatic carbocycles. The molecule has 1 saturated carbocycles. The van der Waals surface area contributed by atoms with Crippen molar-refractivity contribution in [1.82, 2.24) is 10.2 Å². The minimum atomic E-state index is -0.731. The maximum Gasteiger partial charge on any atom is 0.325 e. The fourth-order valence-electron chi connectivity index (χ4n) is 3.48. The lowest BCUT2D eigenvalue weighted by atomic mass is 9.67. The summed E-state index contributed by atoms with van der Waals surface area (Å²) >= 11 is 4.93. The number of nitrogens with one attached hydrogen (secondary N) is 1. The van der Waals surface area contributed by atoms with Crippen LogP contribution in [-0.4, -0.2) is 33.9 Å². The van der Waals surface area contributed by atoms with Gasteiger partial charge in [0.25, 0.3) is 5.91 Å². The average molecular weight is 297 g/mol. The molecular formula is C14H23N3O2S. The number of amides is 3. The largest absolute Gasteiger partial charge is 0.393 e. The molecule has 112 valence electrons. The third-order valence-electron chi connectivity index (χ3n) is 4.93. The maximum atomic E-state index is 12.8.